The Bertz CT molecular complexity index is 353. The molecule has 0 spiro atoms. The zero-order valence-electron chi connectivity index (χ0n) is 9.52. The average Bonchev–Trinajstić information content (AvgIpc) is 2.23. The largest absolute Gasteiger partial charge is 0.414 e. The summed E-state index contributed by atoms with van der Waals surface area (Å²) in [5.41, 5.74) is 0.568. The summed E-state index contributed by atoms with van der Waals surface area (Å²) in [5, 5.41) is 0. The van der Waals surface area contributed by atoms with Crippen LogP contribution in [0.2, 0.25) is 0 Å². The van der Waals surface area contributed by atoms with Crippen LogP contribution in [0.25, 0.3) is 0 Å². The molecule has 0 aliphatic heterocycles. The SMILES string of the molecule is CC(C)(CCCc1ccc(F)c(F)c1)O[Si]. The average molecular weight is 241 g/mol. The minimum Gasteiger partial charge on any atom is -0.414 e. The highest BCUT2D eigenvalue weighted by molar-refractivity contribution is 5.98. The van der Waals surface area contributed by atoms with Crippen molar-refractivity contribution in [3.05, 3.63) is 35.4 Å². The molecular formula is C12H15F2OSi. The van der Waals surface area contributed by atoms with Gasteiger partial charge in [-0.1, -0.05) is 6.07 Å². The van der Waals surface area contributed by atoms with Gasteiger partial charge in [0.25, 0.3) is 0 Å². The maximum atomic E-state index is 12.9. The van der Waals surface area contributed by atoms with Gasteiger partial charge in [0.1, 0.15) is 0 Å². The third-order valence-electron chi connectivity index (χ3n) is 2.50. The normalized spacial score (nSPS) is 11.8. The smallest absolute Gasteiger partial charge is 0.246 e. The van der Waals surface area contributed by atoms with Gasteiger partial charge >= 0.3 is 0 Å². The fraction of sp³-hybridized carbons (Fsp3) is 0.500. The van der Waals surface area contributed by atoms with Gasteiger partial charge in [-0.3, -0.25) is 0 Å². The molecule has 0 atom stereocenters. The van der Waals surface area contributed by atoms with E-state index in [1.807, 2.05) is 13.8 Å². The predicted octanol–water partition coefficient (Wildman–Crippen LogP) is 3.17. The van der Waals surface area contributed by atoms with Crippen LogP contribution in [0.5, 0.6) is 0 Å². The lowest BCUT2D eigenvalue weighted by atomic mass is 9.99. The summed E-state index contributed by atoms with van der Waals surface area (Å²) in [4.78, 5) is 0. The van der Waals surface area contributed by atoms with Crippen LogP contribution in [-0.2, 0) is 10.8 Å². The summed E-state index contributed by atoms with van der Waals surface area (Å²) in [5.74, 6) is -1.58. The van der Waals surface area contributed by atoms with Crippen molar-refractivity contribution >= 4 is 10.5 Å². The molecule has 3 radical (unpaired) electrons. The van der Waals surface area contributed by atoms with Crippen LogP contribution in [-0.4, -0.2) is 16.1 Å². The van der Waals surface area contributed by atoms with Crippen molar-refractivity contribution in [1.82, 2.24) is 0 Å². The number of hydrogen-bond donors (Lipinski definition) is 0. The van der Waals surface area contributed by atoms with Gasteiger partial charge in [-0.2, -0.15) is 0 Å². The molecule has 0 aromatic heterocycles. The first kappa shape index (κ1) is 13.3. The van der Waals surface area contributed by atoms with Gasteiger partial charge in [-0.25, -0.2) is 8.78 Å². The lowest BCUT2D eigenvalue weighted by molar-refractivity contribution is 0.110. The molecule has 0 unspecified atom stereocenters. The van der Waals surface area contributed by atoms with E-state index in [2.05, 4.69) is 10.5 Å². The Hall–Kier alpha value is -0.743. The molecule has 1 aromatic rings. The van der Waals surface area contributed by atoms with E-state index in [1.165, 1.54) is 6.07 Å². The summed E-state index contributed by atoms with van der Waals surface area (Å²) in [6.45, 7) is 3.93. The molecule has 1 nitrogen and oxygen atoms in total. The minimum atomic E-state index is -0.799. The second-order valence-electron chi connectivity index (χ2n) is 4.46. The fourth-order valence-corrected chi connectivity index (χ4v) is 1.57. The van der Waals surface area contributed by atoms with Crippen LogP contribution in [0.15, 0.2) is 18.2 Å². The summed E-state index contributed by atoms with van der Waals surface area (Å²) in [7, 11) is 3.02. The van der Waals surface area contributed by atoms with Crippen molar-refractivity contribution in [1.29, 1.82) is 0 Å². The lowest BCUT2D eigenvalue weighted by Crippen LogP contribution is -2.22. The zero-order chi connectivity index (χ0) is 12.2. The molecular weight excluding hydrogens is 226 g/mol. The van der Waals surface area contributed by atoms with Gasteiger partial charge in [0.05, 0.1) is 0 Å². The molecule has 0 saturated carbocycles. The first-order valence-electron chi connectivity index (χ1n) is 5.23. The first-order chi connectivity index (χ1) is 7.44. The molecule has 0 N–H and O–H groups in total. The van der Waals surface area contributed by atoms with Crippen LogP contribution in [0.3, 0.4) is 0 Å². The highest BCUT2D eigenvalue weighted by Crippen LogP contribution is 2.18. The van der Waals surface area contributed by atoms with E-state index in [0.717, 1.165) is 30.9 Å². The third kappa shape index (κ3) is 4.02. The molecule has 87 valence electrons. The molecule has 1 rings (SSSR count). The standard InChI is InChI=1S/C12H15F2OSi/c1-12(2,15-16)7-3-4-9-5-6-10(13)11(14)8-9/h5-6,8H,3-4,7H2,1-2H3. The summed E-state index contributed by atoms with van der Waals surface area (Å²) >= 11 is 0. The molecule has 16 heavy (non-hydrogen) atoms. The van der Waals surface area contributed by atoms with E-state index in [0.29, 0.717) is 0 Å². The highest BCUT2D eigenvalue weighted by Gasteiger charge is 2.15. The van der Waals surface area contributed by atoms with E-state index in [1.54, 1.807) is 6.07 Å². The van der Waals surface area contributed by atoms with Crippen molar-refractivity contribution in [2.45, 2.75) is 38.7 Å². The first-order valence-corrected chi connectivity index (χ1v) is 5.64. The molecule has 0 heterocycles. The number of halogens is 2. The van der Waals surface area contributed by atoms with Crippen LogP contribution in [0.4, 0.5) is 8.78 Å². The third-order valence-corrected chi connectivity index (χ3v) is 3.06. The van der Waals surface area contributed by atoms with E-state index >= 15 is 0 Å². The minimum absolute atomic E-state index is 0.241. The van der Waals surface area contributed by atoms with E-state index < -0.39 is 11.6 Å². The molecule has 0 bridgehead atoms. The molecule has 4 heteroatoms. The Morgan fingerprint density at radius 1 is 1.25 bits per heavy atom. The maximum absolute atomic E-state index is 12.9. The summed E-state index contributed by atoms with van der Waals surface area (Å²) in [6, 6.07) is 4.02. The van der Waals surface area contributed by atoms with Gasteiger partial charge in [0.15, 0.2) is 11.6 Å². The van der Waals surface area contributed by atoms with E-state index in [9.17, 15) is 8.78 Å². The Labute approximate surface area is 98.4 Å². The van der Waals surface area contributed by atoms with Crippen LogP contribution in [0.1, 0.15) is 32.3 Å². The zero-order valence-corrected chi connectivity index (χ0v) is 10.5. The Kier molecular flexibility index (Phi) is 4.62. The second kappa shape index (κ2) is 5.55. The van der Waals surface area contributed by atoms with E-state index in [-0.39, 0.29) is 5.60 Å². The summed E-state index contributed by atoms with van der Waals surface area (Å²) in [6.07, 6.45) is 2.42. The van der Waals surface area contributed by atoms with E-state index in [4.69, 9.17) is 4.43 Å². The molecule has 0 aliphatic rings. The van der Waals surface area contributed by atoms with Crippen LogP contribution in [0, 0.1) is 11.6 Å². The molecule has 1 aromatic carbocycles. The number of rotatable bonds is 5. The van der Waals surface area contributed by atoms with Gasteiger partial charge in [0.2, 0.25) is 10.5 Å². The van der Waals surface area contributed by atoms with Gasteiger partial charge < -0.3 is 4.43 Å². The number of benzene rings is 1. The van der Waals surface area contributed by atoms with Crippen LogP contribution < -0.4 is 0 Å². The topological polar surface area (TPSA) is 9.23 Å². The van der Waals surface area contributed by atoms with Crippen molar-refractivity contribution in [3.63, 3.8) is 0 Å². The highest BCUT2D eigenvalue weighted by atomic mass is 28.2. The van der Waals surface area contributed by atoms with Gasteiger partial charge in [-0.15, -0.1) is 0 Å². The Morgan fingerprint density at radius 2 is 1.94 bits per heavy atom. The van der Waals surface area contributed by atoms with Crippen molar-refractivity contribution in [2.75, 3.05) is 0 Å². The molecule has 0 amide bonds. The molecule has 0 fully saturated rings. The van der Waals surface area contributed by atoms with Gasteiger partial charge in [-0.05, 0) is 50.8 Å². The number of aryl methyl sites for hydroxylation is 1. The van der Waals surface area contributed by atoms with Crippen molar-refractivity contribution in [3.8, 4) is 0 Å². The fourth-order valence-electron chi connectivity index (χ4n) is 1.46. The maximum Gasteiger partial charge on any atom is 0.246 e. The monoisotopic (exact) mass is 241 g/mol. The van der Waals surface area contributed by atoms with Crippen LogP contribution >= 0.6 is 0 Å². The quantitative estimate of drug-likeness (QED) is 0.719. The van der Waals surface area contributed by atoms with Crippen molar-refractivity contribution < 1.29 is 13.2 Å². The lowest BCUT2D eigenvalue weighted by Gasteiger charge is -2.22. The summed E-state index contributed by atoms with van der Waals surface area (Å²) < 4.78 is 30.7. The predicted molar refractivity (Wildman–Crippen MR) is 60.2 cm³/mol. The van der Waals surface area contributed by atoms with Crippen molar-refractivity contribution in [2.24, 2.45) is 0 Å². The number of hydrogen-bond acceptors (Lipinski definition) is 1. The second-order valence-corrected chi connectivity index (χ2v) is 4.67. The van der Waals surface area contributed by atoms with Gasteiger partial charge in [0, 0.05) is 5.60 Å². The Morgan fingerprint density at radius 3 is 2.50 bits per heavy atom. The Balaban J connectivity index is 2.46. The molecule has 0 saturated heterocycles. The molecule has 0 aliphatic carbocycles.